The highest BCUT2D eigenvalue weighted by molar-refractivity contribution is 6.45. The van der Waals surface area contributed by atoms with Crippen LogP contribution in [0.5, 0.6) is 0 Å². The standard InChI is InChI=1S/C14H17ClN2O3/c1-5-6-14(3,4)9-7-10(16-20-9)17-12(18)8(2)11(15)13(17)19/h5,7,12,18H,1,6H2,2-4H3. The lowest BCUT2D eigenvalue weighted by molar-refractivity contribution is -0.115. The van der Waals surface area contributed by atoms with E-state index in [1.54, 1.807) is 19.1 Å². The minimum atomic E-state index is -1.10. The first-order valence-corrected chi connectivity index (χ1v) is 6.63. The quantitative estimate of drug-likeness (QED) is 0.868. The number of aliphatic hydroxyl groups excluding tert-OH is 1. The van der Waals surface area contributed by atoms with Gasteiger partial charge in [0.2, 0.25) is 0 Å². The molecule has 0 spiro atoms. The van der Waals surface area contributed by atoms with Crippen LogP contribution in [-0.2, 0) is 10.2 Å². The second kappa shape index (κ2) is 5.07. The van der Waals surface area contributed by atoms with Crippen LogP contribution in [0, 0.1) is 0 Å². The maximum atomic E-state index is 12.0. The summed E-state index contributed by atoms with van der Waals surface area (Å²) in [6.07, 6.45) is 1.40. The van der Waals surface area contributed by atoms with Gasteiger partial charge in [-0.05, 0) is 13.3 Å². The van der Waals surface area contributed by atoms with Crippen LogP contribution in [0.15, 0.2) is 33.8 Å². The average Bonchev–Trinajstić information content (AvgIpc) is 2.92. The predicted molar refractivity (Wildman–Crippen MR) is 76.4 cm³/mol. The monoisotopic (exact) mass is 296 g/mol. The molecule has 5 nitrogen and oxygen atoms in total. The Morgan fingerprint density at radius 3 is 2.80 bits per heavy atom. The molecule has 0 fully saturated rings. The number of aromatic nitrogens is 1. The van der Waals surface area contributed by atoms with Gasteiger partial charge in [0.05, 0.1) is 0 Å². The zero-order valence-corrected chi connectivity index (χ0v) is 12.4. The Labute approximate surface area is 122 Å². The molecule has 1 aromatic rings. The summed E-state index contributed by atoms with van der Waals surface area (Å²) in [5, 5.41) is 13.9. The zero-order valence-electron chi connectivity index (χ0n) is 11.7. The fraction of sp³-hybridized carbons (Fsp3) is 0.429. The van der Waals surface area contributed by atoms with Crippen molar-refractivity contribution < 1.29 is 14.4 Å². The number of nitrogens with zero attached hydrogens (tertiary/aromatic N) is 2. The fourth-order valence-electron chi connectivity index (χ4n) is 2.08. The van der Waals surface area contributed by atoms with Gasteiger partial charge in [-0.2, -0.15) is 0 Å². The first-order chi connectivity index (χ1) is 9.29. The number of hydrogen-bond donors (Lipinski definition) is 1. The molecule has 6 heteroatoms. The Morgan fingerprint density at radius 2 is 2.30 bits per heavy atom. The molecular formula is C14H17ClN2O3. The summed E-state index contributed by atoms with van der Waals surface area (Å²) in [7, 11) is 0. The Kier molecular flexibility index (Phi) is 3.75. The summed E-state index contributed by atoms with van der Waals surface area (Å²) in [4.78, 5) is 13.1. The van der Waals surface area contributed by atoms with Gasteiger partial charge in [0.1, 0.15) is 10.8 Å². The summed E-state index contributed by atoms with van der Waals surface area (Å²) >= 11 is 5.86. The Morgan fingerprint density at radius 1 is 1.65 bits per heavy atom. The van der Waals surface area contributed by atoms with Crippen molar-refractivity contribution in [1.82, 2.24) is 5.16 Å². The van der Waals surface area contributed by atoms with Gasteiger partial charge in [0, 0.05) is 17.1 Å². The summed E-state index contributed by atoms with van der Waals surface area (Å²) < 4.78 is 5.30. The molecule has 1 aliphatic rings. The van der Waals surface area contributed by atoms with Crippen molar-refractivity contribution >= 4 is 23.3 Å². The van der Waals surface area contributed by atoms with Crippen molar-refractivity contribution in [2.45, 2.75) is 38.8 Å². The number of rotatable bonds is 4. The Hall–Kier alpha value is -1.59. The highest BCUT2D eigenvalue weighted by Gasteiger charge is 2.38. The normalized spacial score (nSPS) is 19.9. The molecule has 108 valence electrons. The van der Waals surface area contributed by atoms with Crippen LogP contribution in [0.2, 0.25) is 0 Å². The molecule has 2 heterocycles. The number of hydrogen-bond acceptors (Lipinski definition) is 4. The highest BCUT2D eigenvalue weighted by Crippen LogP contribution is 2.34. The van der Waals surface area contributed by atoms with E-state index in [-0.39, 0.29) is 16.3 Å². The van der Waals surface area contributed by atoms with E-state index >= 15 is 0 Å². The molecule has 0 saturated heterocycles. The van der Waals surface area contributed by atoms with Crippen molar-refractivity contribution in [2.24, 2.45) is 0 Å². The number of anilines is 1. The van der Waals surface area contributed by atoms with Crippen LogP contribution in [0.1, 0.15) is 33.0 Å². The van der Waals surface area contributed by atoms with Crippen molar-refractivity contribution in [1.29, 1.82) is 0 Å². The first kappa shape index (κ1) is 14.8. The Bertz CT molecular complexity index is 589. The molecule has 20 heavy (non-hydrogen) atoms. The number of halogens is 1. The van der Waals surface area contributed by atoms with Gasteiger partial charge in [-0.1, -0.05) is 36.7 Å². The largest absolute Gasteiger partial charge is 0.369 e. The third-order valence-corrected chi connectivity index (χ3v) is 3.91. The summed E-state index contributed by atoms with van der Waals surface area (Å²) in [6, 6.07) is 1.65. The molecule has 0 aliphatic carbocycles. The molecule has 0 radical (unpaired) electrons. The molecule has 1 amide bonds. The molecule has 0 aromatic carbocycles. The van der Waals surface area contributed by atoms with Gasteiger partial charge in [0.15, 0.2) is 12.0 Å². The van der Waals surface area contributed by atoms with Crippen LogP contribution in [0.4, 0.5) is 5.82 Å². The third-order valence-electron chi connectivity index (χ3n) is 3.45. The lowest BCUT2D eigenvalue weighted by Gasteiger charge is -2.19. The van der Waals surface area contributed by atoms with E-state index < -0.39 is 12.1 Å². The first-order valence-electron chi connectivity index (χ1n) is 6.25. The van der Waals surface area contributed by atoms with Crippen LogP contribution in [0.3, 0.4) is 0 Å². The topological polar surface area (TPSA) is 66.6 Å². The van der Waals surface area contributed by atoms with Crippen molar-refractivity contribution in [3.63, 3.8) is 0 Å². The van der Waals surface area contributed by atoms with E-state index in [1.165, 1.54) is 0 Å². The van der Waals surface area contributed by atoms with E-state index in [0.29, 0.717) is 17.8 Å². The average molecular weight is 297 g/mol. The summed E-state index contributed by atoms with van der Waals surface area (Å²) in [5.74, 6) is 0.399. The zero-order chi connectivity index (χ0) is 15.1. The van der Waals surface area contributed by atoms with E-state index in [0.717, 1.165) is 4.90 Å². The number of aliphatic hydroxyl groups is 1. The summed E-state index contributed by atoms with van der Waals surface area (Å²) in [5.41, 5.74) is 0.124. The second-order valence-electron chi connectivity index (χ2n) is 5.47. The maximum absolute atomic E-state index is 12.0. The molecular weight excluding hydrogens is 280 g/mol. The third kappa shape index (κ3) is 2.27. The fourth-order valence-corrected chi connectivity index (χ4v) is 2.27. The molecule has 1 atom stereocenters. The molecule has 0 saturated carbocycles. The van der Waals surface area contributed by atoms with Crippen molar-refractivity contribution in [3.8, 4) is 0 Å². The van der Waals surface area contributed by atoms with Crippen molar-refractivity contribution in [2.75, 3.05) is 4.90 Å². The molecule has 1 unspecified atom stereocenters. The van der Waals surface area contributed by atoms with Gasteiger partial charge in [-0.25, -0.2) is 0 Å². The van der Waals surface area contributed by atoms with Gasteiger partial charge in [0.25, 0.3) is 5.91 Å². The van der Waals surface area contributed by atoms with E-state index in [2.05, 4.69) is 11.7 Å². The number of allylic oxidation sites excluding steroid dienone is 1. The van der Waals surface area contributed by atoms with Gasteiger partial charge < -0.3 is 9.63 Å². The molecule has 0 bridgehead atoms. The predicted octanol–water partition coefficient (Wildman–Crippen LogP) is 2.71. The number of carbonyl (C=O) groups excluding carboxylic acids is 1. The summed E-state index contributed by atoms with van der Waals surface area (Å²) in [6.45, 7) is 9.28. The number of carbonyl (C=O) groups is 1. The van der Waals surface area contributed by atoms with Gasteiger partial charge >= 0.3 is 0 Å². The second-order valence-corrected chi connectivity index (χ2v) is 5.85. The van der Waals surface area contributed by atoms with E-state index in [1.807, 2.05) is 13.8 Å². The lowest BCUT2D eigenvalue weighted by Crippen LogP contribution is -2.35. The van der Waals surface area contributed by atoms with E-state index in [9.17, 15) is 9.90 Å². The molecule has 2 rings (SSSR count). The maximum Gasteiger partial charge on any atom is 0.273 e. The molecule has 1 N–H and O–H groups in total. The SMILES string of the molecule is C=CCC(C)(C)c1cc(N2C(=O)C(Cl)=C(C)C2O)no1. The van der Waals surface area contributed by atoms with E-state index in [4.69, 9.17) is 16.1 Å². The van der Waals surface area contributed by atoms with Crippen LogP contribution in [0.25, 0.3) is 0 Å². The minimum Gasteiger partial charge on any atom is -0.369 e. The van der Waals surface area contributed by atoms with Crippen LogP contribution < -0.4 is 4.90 Å². The van der Waals surface area contributed by atoms with Gasteiger partial charge in [-0.15, -0.1) is 6.58 Å². The molecule has 1 aliphatic heterocycles. The van der Waals surface area contributed by atoms with Crippen molar-refractivity contribution in [3.05, 3.63) is 35.1 Å². The van der Waals surface area contributed by atoms with Crippen LogP contribution in [-0.4, -0.2) is 22.4 Å². The highest BCUT2D eigenvalue weighted by atomic mass is 35.5. The smallest absolute Gasteiger partial charge is 0.273 e. The van der Waals surface area contributed by atoms with Gasteiger partial charge in [-0.3, -0.25) is 9.69 Å². The lowest BCUT2D eigenvalue weighted by atomic mass is 9.86. The molecule has 1 aromatic heterocycles. The van der Waals surface area contributed by atoms with Crippen LogP contribution >= 0.6 is 11.6 Å². The number of amides is 1. The minimum absolute atomic E-state index is 0.0207. The Balaban J connectivity index is 2.31.